The smallest absolute Gasteiger partial charge is 0.229 e. The summed E-state index contributed by atoms with van der Waals surface area (Å²) in [6, 6.07) is 7.46. The molecule has 2 aromatic heterocycles. The lowest BCUT2D eigenvalue weighted by molar-refractivity contribution is 0.831. The Balaban J connectivity index is 1.94. The Morgan fingerprint density at radius 1 is 1.18 bits per heavy atom. The van der Waals surface area contributed by atoms with Crippen molar-refractivity contribution >= 4 is 28.9 Å². The highest BCUT2D eigenvalue weighted by Gasteiger charge is 2.09. The van der Waals surface area contributed by atoms with E-state index in [0.717, 1.165) is 16.9 Å². The number of aromatic nitrogens is 4. The van der Waals surface area contributed by atoms with Crippen LogP contribution >= 0.6 is 11.6 Å². The van der Waals surface area contributed by atoms with Gasteiger partial charge in [-0.15, -0.1) is 0 Å². The topological polar surface area (TPSA) is 67.7 Å². The number of benzene rings is 1. The van der Waals surface area contributed by atoms with Crippen molar-refractivity contribution in [3.05, 3.63) is 53.4 Å². The Labute approximate surface area is 133 Å². The number of rotatable bonds is 4. The van der Waals surface area contributed by atoms with Gasteiger partial charge in [-0.2, -0.15) is 10.1 Å². The van der Waals surface area contributed by atoms with E-state index in [1.165, 1.54) is 0 Å². The van der Waals surface area contributed by atoms with Gasteiger partial charge in [-0.1, -0.05) is 23.7 Å². The first-order valence-corrected chi connectivity index (χ1v) is 7.13. The molecule has 0 fully saturated rings. The van der Waals surface area contributed by atoms with Crippen LogP contribution < -0.4 is 10.6 Å². The Morgan fingerprint density at radius 2 is 2.00 bits per heavy atom. The standard InChI is InChI=1S/C15H15ClN6/c1-10-7-18-15(20-13-6-4-3-5-12(13)16)21-14(10)22-9-11(17-2)8-19-22/h3-9,17H,1-2H3,(H,18,20,21). The molecule has 7 heteroatoms. The second-order valence-corrected chi connectivity index (χ2v) is 5.14. The Kier molecular flexibility index (Phi) is 3.93. The first-order chi connectivity index (χ1) is 10.7. The molecule has 0 amide bonds. The summed E-state index contributed by atoms with van der Waals surface area (Å²) >= 11 is 6.14. The van der Waals surface area contributed by atoms with Crippen LogP contribution in [0.5, 0.6) is 0 Å². The molecule has 0 aliphatic rings. The molecule has 1 aromatic carbocycles. The minimum atomic E-state index is 0.468. The normalized spacial score (nSPS) is 10.5. The zero-order valence-electron chi connectivity index (χ0n) is 12.2. The van der Waals surface area contributed by atoms with Crippen molar-refractivity contribution in [3.63, 3.8) is 0 Å². The lowest BCUT2D eigenvalue weighted by Gasteiger charge is -2.09. The van der Waals surface area contributed by atoms with Crippen LogP contribution in [0.15, 0.2) is 42.9 Å². The summed E-state index contributed by atoms with van der Waals surface area (Å²) < 4.78 is 1.71. The molecule has 0 saturated carbocycles. The number of nitrogens with zero attached hydrogens (tertiary/aromatic N) is 4. The number of nitrogens with one attached hydrogen (secondary N) is 2. The maximum atomic E-state index is 6.14. The first-order valence-electron chi connectivity index (χ1n) is 6.75. The van der Waals surface area contributed by atoms with Crippen LogP contribution in [0.4, 0.5) is 17.3 Å². The van der Waals surface area contributed by atoms with Crippen LogP contribution in [-0.4, -0.2) is 26.8 Å². The van der Waals surface area contributed by atoms with Crippen LogP contribution in [0.3, 0.4) is 0 Å². The molecule has 3 rings (SSSR count). The zero-order valence-corrected chi connectivity index (χ0v) is 13.0. The maximum absolute atomic E-state index is 6.14. The highest BCUT2D eigenvalue weighted by Crippen LogP contribution is 2.24. The monoisotopic (exact) mass is 314 g/mol. The van der Waals surface area contributed by atoms with Crippen LogP contribution in [0.25, 0.3) is 5.82 Å². The molecule has 0 aliphatic carbocycles. The molecule has 0 bridgehead atoms. The Bertz CT molecular complexity index is 798. The number of para-hydroxylation sites is 1. The number of hydrogen-bond acceptors (Lipinski definition) is 5. The van der Waals surface area contributed by atoms with Gasteiger partial charge < -0.3 is 10.6 Å². The molecular formula is C15H15ClN6. The van der Waals surface area contributed by atoms with E-state index in [1.807, 2.05) is 44.4 Å². The van der Waals surface area contributed by atoms with Gasteiger partial charge in [0.15, 0.2) is 5.82 Å². The molecule has 0 unspecified atom stereocenters. The van der Waals surface area contributed by atoms with Crippen LogP contribution in [0.1, 0.15) is 5.56 Å². The molecular weight excluding hydrogens is 300 g/mol. The summed E-state index contributed by atoms with van der Waals surface area (Å²) in [5, 5.41) is 11.1. The molecule has 6 nitrogen and oxygen atoms in total. The van der Waals surface area contributed by atoms with Gasteiger partial charge in [0.2, 0.25) is 5.95 Å². The Morgan fingerprint density at radius 3 is 2.73 bits per heavy atom. The second-order valence-electron chi connectivity index (χ2n) is 4.73. The van der Waals surface area contributed by atoms with Crippen molar-refractivity contribution in [2.75, 3.05) is 17.7 Å². The van der Waals surface area contributed by atoms with Crippen molar-refractivity contribution in [2.24, 2.45) is 0 Å². The van der Waals surface area contributed by atoms with E-state index in [9.17, 15) is 0 Å². The van der Waals surface area contributed by atoms with Crippen molar-refractivity contribution in [1.82, 2.24) is 19.7 Å². The van der Waals surface area contributed by atoms with Crippen molar-refractivity contribution < 1.29 is 0 Å². The van der Waals surface area contributed by atoms with Crippen molar-refractivity contribution in [3.8, 4) is 5.82 Å². The molecule has 2 heterocycles. The lowest BCUT2D eigenvalue weighted by Crippen LogP contribution is -2.06. The fourth-order valence-corrected chi connectivity index (χ4v) is 2.16. The summed E-state index contributed by atoms with van der Waals surface area (Å²) in [5.41, 5.74) is 2.60. The third-order valence-corrected chi connectivity index (χ3v) is 3.48. The van der Waals surface area contributed by atoms with E-state index in [2.05, 4.69) is 25.7 Å². The first kappa shape index (κ1) is 14.3. The summed E-state index contributed by atoms with van der Waals surface area (Å²) in [6.07, 6.45) is 5.36. The SMILES string of the molecule is CNc1cnn(-c2nc(Nc3ccccc3Cl)ncc2C)c1. The van der Waals surface area contributed by atoms with Gasteiger partial charge in [-0.3, -0.25) is 0 Å². The second kappa shape index (κ2) is 6.03. The fraction of sp³-hybridized carbons (Fsp3) is 0.133. The van der Waals surface area contributed by atoms with Gasteiger partial charge in [-0.05, 0) is 19.1 Å². The van der Waals surface area contributed by atoms with Gasteiger partial charge in [-0.25, -0.2) is 9.67 Å². The van der Waals surface area contributed by atoms with Crippen LogP contribution in [-0.2, 0) is 0 Å². The van der Waals surface area contributed by atoms with Gasteiger partial charge in [0.05, 0.1) is 28.8 Å². The molecule has 0 radical (unpaired) electrons. The Hall–Kier alpha value is -2.60. The quantitative estimate of drug-likeness (QED) is 0.772. The van der Waals surface area contributed by atoms with E-state index in [1.54, 1.807) is 17.1 Å². The van der Waals surface area contributed by atoms with E-state index in [-0.39, 0.29) is 0 Å². The fourth-order valence-electron chi connectivity index (χ4n) is 1.98. The molecule has 112 valence electrons. The lowest BCUT2D eigenvalue weighted by atomic mass is 10.3. The van der Waals surface area contributed by atoms with E-state index >= 15 is 0 Å². The maximum Gasteiger partial charge on any atom is 0.229 e. The van der Waals surface area contributed by atoms with Crippen LogP contribution in [0, 0.1) is 6.92 Å². The molecule has 3 aromatic rings. The average Bonchev–Trinajstić information content (AvgIpc) is 3.00. The summed E-state index contributed by atoms with van der Waals surface area (Å²) in [7, 11) is 1.85. The van der Waals surface area contributed by atoms with Gasteiger partial charge in [0.25, 0.3) is 0 Å². The van der Waals surface area contributed by atoms with E-state index in [4.69, 9.17) is 11.6 Å². The van der Waals surface area contributed by atoms with Crippen LogP contribution in [0.2, 0.25) is 5.02 Å². The minimum absolute atomic E-state index is 0.468. The highest BCUT2D eigenvalue weighted by molar-refractivity contribution is 6.33. The van der Waals surface area contributed by atoms with Gasteiger partial charge >= 0.3 is 0 Å². The number of aryl methyl sites for hydroxylation is 1. The molecule has 0 aliphatic heterocycles. The predicted molar refractivity (Wildman–Crippen MR) is 88.2 cm³/mol. The largest absolute Gasteiger partial charge is 0.386 e. The highest BCUT2D eigenvalue weighted by atomic mass is 35.5. The summed E-state index contributed by atoms with van der Waals surface area (Å²) in [6.45, 7) is 1.94. The number of anilines is 3. The van der Waals surface area contributed by atoms with Gasteiger partial charge in [0, 0.05) is 18.8 Å². The zero-order chi connectivity index (χ0) is 15.5. The molecule has 22 heavy (non-hydrogen) atoms. The summed E-state index contributed by atoms with van der Waals surface area (Å²) in [5.74, 6) is 1.18. The molecule has 2 N–H and O–H groups in total. The third kappa shape index (κ3) is 2.87. The number of halogens is 1. The molecule has 0 spiro atoms. The average molecular weight is 315 g/mol. The predicted octanol–water partition coefficient (Wildman–Crippen LogP) is 3.41. The van der Waals surface area contributed by atoms with Crippen molar-refractivity contribution in [1.29, 1.82) is 0 Å². The van der Waals surface area contributed by atoms with Crippen molar-refractivity contribution in [2.45, 2.75) is 6.92 Å². The summed E-state index contributed by atoms with van der Waals surface area (Å²) in [4.78, 5) is 8.81. The van der Waals surface area contributed by atoms with Gasteiger partial charge in [0.1, 0.15) is 0 Å². The number of hydrogen-bond donors (Lipinski definition) is 2. The minimum Gasteiger partial charge on any atom is -0.386 e. The molecule has 0 atom stereocenters. The van der Waals surface area contributed by atoms with E-state index in [0.29, 0.717) is 16.8 Å². The van der Waals surface area contributed by atoms with E-state index < -0.39 is 0 Å². The third-order valence-electron chi connectivity index (χ3n) is 3.15. The molecule has 0 saturated heterocycles.